The third-order valence-corrected chi connectivity index (χ3v) is 4.04. The second-order valence-electron chi connectivity index (χ2n) is 5.33. The van der Waals surface area contributed by atoms with Crippen LogP contribution in [0, 0.1) is 6.92 Å². The smallest absolute Gasteiger partial charge is 0.258 e. The predicted molar refractivity (Wildman–Crippen MR) is 83.9 cm³/mol. The van der Waals surface area contributed by atoms with Crippen LogP contribution in [0.1, 0.15) is 34.0 Å². The molecule has 0 fully saturated rings. The summed E-state index contributed by atoms with van der Waals surface area (Å²) in [6.07, 6.45) is -0.0499. The molecule has 108 valence electrons. The number of fused-ring (bicyclic) bond motifs is 1. The molecule has 0 aromatic heterocycles. The molecule has 0 saturated carbocycles. The third-order valence-electron chi connectivity index (χ3n) is 3.81. The summed E-state index contributed by atoms with van der Waals surface area (Å²) in [7, 11) is 0. The second-order valence-corrected chi connectivity index (χ2v) is 5.77. The highest BCUT2D eigenvalue weighted by atomic mass is 35.5. The number of rotatable bonds is 1. The van der Waals surface area contributed by atoms with Gasteiger partial charge in [0.15, 0.2) is 0 Å². The number of amides is 1. The quantitative estimate of drug-likeness (QED) is 0.872. The lowest BCUT2D eigenvalue weighted by Gasteiger charge is -2.32. The molecule has 0 spiro atoms. The van der Waals surface area contributed by atoms with Gasteiger partial charge in [-0.1, -0.05) is 29.3 Å². The topological polar surface area (TPSA) is 40.5 Å². The van der Waals surface area contributed by atoms with Crippen molar-refractivity contribution >= 4 is 23.2 Å². The Morgan fingerprint density at radius 3 is 2.67 bits per heavy atom. The molecule has 2 aromatic carbocycles. The van der Waals surface area contributed by atoms with E-state index in [1.165, 1.54) is 0 Å². The average Bonchev–Trinajstić information content (AvgIpc) is 2.48. The minimum absolute atomic E-state index is 0.0505. The molecule has 0 saturated heterocycles. The zero-order chi connectivity index (χ0) is 15.0. The van der Waals surface area contributed by atoms with Gasteiger partial charge in [-0.05, 0) is 43.7 Å². The molecule has 1 unspecified atom stereocenters. The summed E-state index contributed by atoms with van der Waals surface area (Å²) in [4.78, 5) is 14.4. The molecular formula is C17H16ClNO2. The first-order valence-corrected chi connectivity index (χ1v) is 7.30. The summed E-state index contributed by atoms with van der Waals surface area (Å²) in [5.41, 5.74) is 3.23. The first-order chi connectivity index (χ1) is 10.1. The van der Waals surface area contributed by atoms with Crippen molar-refractivity contribution in [3.05, 3.63) is 64.2 Å². The van der Waals surface area contributed by atoms with E-state index >= 15 is 0 Å². The van der Waals surface area contributed by atoms with Crippen LogP contribution >= 0.6 is 11.6 Å². The zero-order valence-corrected chi connectivity index (χ0v) is 12.5. The van der Waals surface area contributed by atoms with Crippen LogP contribution in [0.25, 0.3) is 0 Å². The molecule has 1 atom stereocenters. The number of aryl methyl sites for hydroxylation is 1. The van der Waals surface area contributed by atoms with Gasteiger partial charge < -0.3 is 10.0 Å². The normalized spacial score (nSPS) is 17.5. The summed E-state index contributed by atoms with van der Waals surface area (Å²) >= 11 is 5.99. The van der Waals surface area contributed by atoms with Crippen LogP contribution in [0.2, 0.25) is 5.02 Å². The number of benzene rings is 2. The summed E-state index contributed by atoms with van der Waals surface area (Å²) < 4.78 is 0. The van der Waals surface area contributed by atoms with Gasteiger partial charge in [-0.2, -0.15) is 0 Å². The molecule has 1 amide bonds. The van der Waals surface area contributed by atoms with E-state index in [1.807, 2.05) is 31.2 Å². The van der Waals surface area contributed by atoms with Crippen molar-refractivity contribution in [2.45, 2.75) is 19.4 Å². The molecule has 21 heavy (non-hydrogen) atoms. The molecule has 0 radical (unpaired) electrons. The van der Waals surface area contributed by atoms with Gasteiger partial charge in [0.1, 0.15) is 0 Å². The molecule has 3 nitrogen and oxygen atoms in total. The van der Waals surface area contributed by atoms with E-state index in [0.29, 0.717) is 29.1 Å². The standard InChI is InChI=1S/C17H16ClNO2/c1-11-2-4-12(5-3-11)17(21)19-9-8-16(20)14-10-13(18)6-7-15(14)19/h2-7,10,16,20H,8-9H2,1H3. The maximum absolute atomic E-state index is 12.7. The van der Waals surface area contributed by atoms with Crippen LogP contribution < -0.4 is 4.90 Å². The molecular weight excluding hydrogens is 286 g/mol. The van der Waals surface area contributed by atoms with Gasteiger partial charge in [0.25, 0.3) is 5.91 Å². The van der Waals surface area contributed by atoms with E-state index in [0.717, 1.165) is 11.3 Å². The molecule has 0 bridgehead atoms. The van der Waals surface area contributed by atoms with Gasteiger partial charge in [-0.3, -0.25) is 4.79 Å². The predicted octanol–water partition coefficient (Wildman–Crippen LogP) is 3.73. The number of aliphatic hydroxyl groups is 1. The summed E-state index contributed by atoms with van der Waals surface area (Å²) in [5, 5.41) is 10.7. The van der Waals surface area contributed by atoms with E-state index in [-0.39, 0.29) is 5.91 Å². The highest BCUT2D eigenvalue weighted by molar-refractivity contribution is 6.30. The number of hydrogen-bond donors (Lipinski definition) is 1. The Labute approximate surface area is 128 Å². The minimum Gasteiger partial charge on any atom is -0.388 e. The van der Waals surface area contributed by atoms with Crippen LogP contribution in [-0.2, 0) is 0 Å². The van der Waals surface area contributed by atoms with Crippen molar-refractivity contribution in [1.82, 2.24) is 0 Å². The van der Waals surface area contributed by atoms with E-state index in [2.05, 4.69) is 0 Å². The van der Waals surface area contributed by atoms with Gasteiger partial charge in [0.2, 0.25) is 0 Å². The highest BCUT2D eigenvalue weighted by Gasteiger charge is 2.28. The first-order valence-electron chi connectivity index (χ1n) is 6.92. The minimum atomic E-state index is -0.569. The number of anilines is 1. The van der Waals surface area contributed by atoms with Crippen molar-refractivity contribution in [2.75, 3.05) is 11.4 Å². The average molecular weight is 302 g/mol. The Bertz CT molecular complexity index is 682. The number of halogens is 1. The van der Waals surface area contributed by atoms with E-state index in [1.54, 1.807) is 23.1 Å². The van der Waals surface area contributed by atoms with Crippen molar-refractivity contribution < 1.29 is 9.90 Å². The summed E-state index contributed by atoms with van der Waals surface area (Å²) in [6, 6.07) is 12.8. The zero-order valence-electron chi connectivity index (χ0n) is 11.7. The number of nitrogens with zero attached hydrogens (tertiary/aromatic N) is 1. The van der Waals surface area contributed by atoms with Crippen LogP contribution in [0.15, 0.2) is 42.5 Å². The van der Waals surface area contributed by atoms with Crippen LogP contribution in [0.3, 0.4) is 0 Å². The van der Waals surface area contributed by atoms with Crippen LogP contribution in [-0.4, -0.2) is 17.6 Å². The lowest BCUT2D eigenvalue weighted by atomic mass is 9.98. The Morgan fingerprint density at radius 1 is 1.24 bits per heavy atom. The largest absolute Gasteiger partial charge is 0.388 e. The molecule has 1 heterocycles. The molecule has 2 aromatic rings. The van der Waals surface area contributed by atoms with Crippen molar-refractivity contribution in [2.24, 2.45) is 0 Å². The summed E-state index contributed by atoms with van der Waals surface area (Å²) in [5.74, 6) is -0.0505. The number of carbonyl (C=O) groups excluding carboxylic acids is 1. The van der Waals surface area contributed by atoms with Crippen LogP contribution in [0.5, 0.6) is 0 Å². The first kappa shape index (κ1) is 14.1. The van der Waals surface area contributed by atoms with Crippen molar-refractivity contribution in [3.63, 3.8) is 0 Å². The number of aliphatic hydroxyl groups excluding tert-OH is 1. The lowest BCUT2D eigenvalue weighted by Crippen LogP contribution is -2.36. The fourth-order valence-electron chi connectivity index (χ4n) is 2.63. The number of hydrogen-bond acceptors (Lipinski definition) is 2. The Hall–Kier alpha value is -1.84. The fourth-order valence-corrected chi connectivity index (χ4v) is 2.81. The molecule has 3 rings (SSSR count). The van der Waals surface area contributed by atoms with Crippen LogP contribution in [0.4, 0.5) is 5.69 Å². The SMILES string of the molecule is Cc1ccc(C(=O)N2CCC(O)c3cc(Cl)ccc32)cc1. The molecule has 4 heteroatoms. The van der Waals surface area contributed by atoms with Crippen molar-refractivity contribution in [1.29, 1.82) is 0 Å². The molecule has 1 N–H and O–H groups in total. The Balaban J connectivity index is 1.99. The summed E-state index contributed by atoms with van der Waals surface area (Å²) in [6.45, 7) is 2.49. The maximum atomic E-state index is 12.7. The Kier molecular flexibility index (Phi) is 3.70. The molecule has 1 aliphatic heterocycles. The second kappa shape index (κ2) is 5.51. The monoisotopic (exact) mass is 301 g/mol. The van der Waals surface area contributed by atoms with Gasteiger partial charge in [0, 0.05) is 28.4 Å². The van der Waals surface area contributed by atoms with Gasteiger partial charge in [-0.15, -0.1) is 0 Å². The van der Waals surface area contributed by atoms with E-state index in [4.69, 9.17) is 11.6 Å². The molecule has 1 aliphatic rings. The highest BCUT2D eigenvalue weighted by Crippen LogP contribution is 2.36. The van der Waals surface area contributed by atoms with Gasteiger partial charge >= 0.3 is 0 Å². The van der Waals surface area contributed by atoms with E-state index < -0.39 is 6.10 Å². The fraction of sp³-hybridized carbons (Fsp3) is 0.235. The Morgan fingerprint density at radius 2 is 1.95 bits per heavy atom. The maximum Gasteiger partial charge on any atom is 0.258 e. The third kappa shape index (κ3) is 2.67. The lowest BCUT2D eigenvalue weighted by molar-refractivity contribution is 0.0970. The van der Waals surface area contributed by atoms with Gasteiger partial charge in [0.05, 0.1) is 6.10 Å². The van der Waals surface area contributed by atoms with E-state index in [9.17, 15) is 9.90 Å². The number of carbonyl (C=O) groups is 1. The van der Waals surface area contributed by atoms with Crippen molar-refractivity contribution in [3.8, 4) is 0 Å². The molecule has 0 aliphatic carbocycles. The van der Waals surface area contributed by atoms with Gasteiger partial charge in [-0.25, -0.2) is 0 Å².